The number of halogens is 1. The van der Waals surface area contributed by atoms with E-state index in [1.165, 1.54) is 10.9 Å². The SMILES string of the molecule is Cc1c(Cl)cnn1CC(=O)Nc1ccccc1N. The molecule has 0 aliphatic heterocycles. The number of nitrogens with one attached hydrogen (secondary N) is 1. The monoisotopic (exact) mass is 264 g/mol. The van der Waals surface area contributed by atoms with E-state index >= 15 is 0 Å². The number of hydrogen-bond donors (Lipinski definition) is 2. The first-order valence-corrected chi connectivity index (χ1v) is 5.78. The lowest BCUT2D eigenvalue weighted by atomic mass is 10.2. The molecule has 1 heterocycles. The van der Waals surface area contributed by atoms with Gasteiger partial charge in [-0.25, -0.2) is 0 Å². The van der Waals surface area contributed by atoms with Crippen LogP contribution in [-0.4, -0.2) is 15.7 Å². The lowest BCUT2D eigenvalue weighted by Gasteiger charge is -2.08. The van der Waals surface area contributed by atoms with Gasteiger partial charge in [0.15, 0.2) is 0 Å². The van der Waals surface area contributed by atoms with Gasteiger partial charge in [0.25, 0.3) is 0 Å². The Morgan fingerprint density at radius 1 is 1.50 bits per heavy atom. The van der Waals surface area contributed by atoms with Gasteiger partial charge in [-0.05, 0) is 19.1 Å². The van der Waals surface area contributed by atoms with Gasteiger partial charge in [0, 0.05) is 0 Å². The smallest absolute Gasteiger partial charge is 0.246 e. The Labute approximate surface area is 110 Å². The van der Waals surface area contributed by atoms with Crippen molar-refractivity contribution in [3.8, 4) is 0 Å². The minimum atomic E-state index is -0.198. The third kappa shape index (κ3) is 2.62. The maximum absolute atomic E-state index is 11.8. The Bertz CT molecular complexity index is 579. The van der Waals surface area contributed by atoms with E-state index in [1.54, 1.807) is 19.1 Å². The Hall–Kier alpha value is -2.01. The van der Waals surface area contributed by atoms with Crippen molar-refractivity contribution in [3.05, 3.63) is 41.2 Å². The van der Waals surface area contributed by atoms with Crippen LogP contribution < -0.4 is 11.1 Å². The van der Waals surface area contributed by atoms with E-state index in [9.17, 15) is 4.79 Å². The number of para-hydroxylation sites is 2. The third-order valence-corrected chi connectivity index (χ3v) is 2.94. The van der Waals surface area contributed by atoms with E-state index in [2.05, 4.69) is 10.4 Å². The lowest BCUT2D eigenvalue weighted by molar-refractivity contribution is -0.116. The predicted molar refractivity (Wildman–Crippen MR) is 71.5 cm³/mol. The summed E-state index contributed by atoms with van der Waals surface area (Å²) in [6.07, 6.45) is 1.51. The zero-order chi connectivity index (χ0) is 13.1. The fourth-order valence-corrected chi connectivity index (χ4v) is 1.66. The number of carbonyl (C=O) groups is 1. The molecule has 0 spiro atoms. The van der Waals surface area contributed by atoms with Crippen LogP contribution in [0.2, 0.25) is 5.02 Å². The van der Waals surface area contributed by atoms with Crippen LogP contribution >= 0.6 is 11.6 Å². The normalized spacial score (nSPS) is 10.3. The largest absolute Gasteiger partial charge is 0.397 e. The van der Waals surface area contributed by atoms with E-state index in [-0.39, 0.29) is 12.5 Å². The Kier molecular flexibility index (Phi) is 3.53. The first-order valence-electron chi connectivity index (χ1n) is 5.40. The summed E-state index contributed by atoms with van der Waals surface area (Å²) in [6, 6.07) is 7.09. The standard InChI is InChI=1S/C12H13ClN4O/c1-8-9(13)6-15-17(8)7-12(18)16-11-5-3-2-4-10(11)14/h2-6H,7,14H2,1H3,(H,16,18). The number of hydrogen-bond acceptors (Lipinski definition) is 3. The quantitative estimate of drug-likeness (QED) is 0.834. The molecule has 1 aromatic heterocycles. The Balaban J connectivity index is 2.06. The molecule has 0 atom stereocenters. The number of carbonyl (C=O) groups excluding carboxylic acids is 1. The fourth-order valence-electron chi connectivity index (χ4n) is 1.52. The van der Waals surface area contributed by atoms with Crippen molar-refractivity contribution in [1.82, 2.24) is 9.78 Å². The van der Waals surface area contributed by atoms with Gasteiger partial charge in [0.05, 0.1) is 28.3 Å². The first kappa shape index (κ1) is 12.4. The summed E-state index contributed by atoms with van der Waals surface area (Å²) in [4.78, 5) is 11.8. The summed E-state index contributed by atoms with van der Waals surface area (Å²) < 4.78 is 1.54. The highest BCUT2D eigenvalue weighted by atomic mass is 35.5. The molecule has 0 aliphatic rings. The molecule has 0 aliphatic carbocycles. The highest BCUT2D eigenvalue weighted by Gasteiger charge is 2.09. The molecule has 0 radical (unpaired) electrons. The number of nitrogens with zero attached hydrogens (tertiary/aromatic N) is 2. The van der Waals surface area contributed by atoms with Crippen molar-refractivity contribution in [1.29, 1.82) is 0 Å². The van der Waals surface area contributed by atoms with Crippen molar-refractivity contribution >= 4 is 28.9 Å². The number of amides is 1. The van der Waals surface area contributed by atoms with Crippen LogP contribution in [-0.2, 0) is 11.3 Å². The van der Waals surface area contributed by atoms with Gasteiger partial charge in [-0.2, -0.15) is 5.10 Å². The van der Waals surface area contributed by atoms with Gasteiger partial charge in [0.1, 0.15) is 6.54 Å². The van der Waals surface area contributed by atoms with Crippen molar-refractivity contribution in [3.63, 3.8) is 0 Å². The van der Waals surface area contributed by atoms with E-state index in [4.69, 9.17) is 17.3 Å². The van der Waals surface area contributed by atoms with Crippen LogP contribution in [0.15, 0.2) is 30.5 Å². The summed E-state index contributed by atoms with van der Waals surface area (Å²) in [7, 11) is 0. The van der Waals surface area contributed by atoms with Gasteiger partial charge in [-0.15, -0.1) is 0 Å². The summed E-state index contributed by atoms with van der Waals surface area (Å²) in [5.74, 6) is -0.198. The number of nitrogens with two attached hydrogens (primary N) is 1. The second kappa shape index (κ2) is 5.10. The molecule has 0 bridgehead atoms. The van der Waals surface area contributed by atoms with Crippen molar-refractivity contribution < 1.29 is 4.79 Å². The van der Waals surface area contributed by atoms with Crippen molar-refractivity contribution in [2.45, 2.75) is 13.5 Å². The molecular weight excluding hydrogens is 252 g/mol. The molecule has 0 saturated carbocycles. The second-order valence-corrected chi connectivity index (χ2v) is 4.28. The number of rotatable bonds is 3. The Morgan fingerprint density at radius 3 is 2.83 bits per heavy atom. The topological polar surface area (TPSA) is 72.9 Å². The summed E-state index contributed by atoms with van der Waals surface area (Å²) in [5.41, 5.74) is 7.62. The molecule has 0 saturated heterocycles. The average molecular weight is 265 g/mol. The van der Waals surface area contributed by atoms with Gasteiger partial charge in [-0.1, -0.05) is 23.7 Å². The van der Waals surface area contributed by atoms with Crippen LogP contribution in [0.25, 0.3) is 0 Å². The molecule has 5 nitrogen and oxygen atoms in total. The van der Waals surface area contributed by atoms with Crippen LogP contribution in [0, 0.1) is 6.92 Å². The maximum atomic E-state index is 11.8. The molecule has 18 heavy (non-hydrogen) atoms. The molecule has 2 aromatic rings. The number of anilines is 2. The first-order chi connectivity index (χ1) is 8.58. The van der Waals surface area contributed by atoms with Gasteiger partial charge < -0.3 is 11.1 Å². The minimum absolute atomic E-state index is 0.104. The second-order valence-electron chi connectivity index (χ2n) is 3.87. The Morgan fingerprint density at radius 2 is 2.22 bits per heavy atom. The van der Waals surface area contributed by atoms with Crippen molar-refractivity contribution in [2.75, 3.05) is 11.1 Å². The summed E-state index contributed by atoms with van der Waals surface area (Å²) in [6.45, 7) is 1.91. The minimum Gasteiger partial charge on any atom is -0.397 e. The fraction of sp³-hybridized carbons (Fsp3) is 0.167. The van der Waals surface area contributed by atoms with E-state index < -0.39 is 0 Å². The lowest BCUT2D eigenvalue weighted by Crippen LogP contribution is -2.20. The van der Waals surface area contributed by atoms with Gasteiger partial charge in [-0.3, -0.25) is 9.48 Å². The molecule has 94 valence electrons. The zero-order valence-electron chi connectivity index (χ0n) is 9.85. The molecule has 2 rings (SSSR count). The van der Waals surface area contributed by atoms with E-state index in [1.807, 2.05) is 12.1 Å². The van der Waals surface area contributed by atoms with Gasteiger partial charge >= 0.3 is 0 Å². The average Bonchev–Trinajstić information content (AvgIpc) is 2.64. The molecule has 3 N–H and O–H groups in total. The highest BCUT2D eigenvalue weighted by molar-refractivity contribution is 6.31. The van der Waals surface area contributed by atoms with Gasteiger partial charge in [0.2, 0.25) is 5.91 Å². The molecule has 1 amide bonds. The predicted octanol–water partition coefficient (Wildman–Crippen LogP) is 2.07. The molecule has 0 unspecified atom stereocenters. The molecule has 6 heteroatoms. The number of benzene rings is 1. The van der Waals surface area contributed by atoms with E-state index in [0.29, 0.717) is 16.4 Å². The number of nitrogen functional groups attached to an aromatic ring is 1. The van der Waals surface area contributed by atoms with Crippen LogP contribution in [0.3, 0.4) is 0 Å². The van der Waals surface area contributed by atoms with Crippen LogP contribution in [0.4, 0.5) is 11.4 Å². The zero-order valence-corrected chi connectivity index (χ0v) is 10.6. The van der Waals surface area contributed by atoms with Crippen LogP contribution in [0.1, 0.15) is 5.69 Å². The van der Waals surface area contributed by atoms with Crippen LogP contribution in [0.5, 0.6) is 0 Å². The van der Waals surface area contributed by atoms with Crippen molar-refractivity contribution in [2.24, 2.45) is 0 Å². The maximum Gasteiger partial charge on any atom is 0.246 e. The summed E-state index contributed by atoms with van der Waals surface area (Å²) in [5, 5.41) is 7.28. The number of aromatic nitrogens is 2. The molecule has 1 aromatic carbocycles. The highest BCUT2D eigenvalue weighted by Crippen LogP contribution is 2.17. The molecular formula is C12H13ClN4O. The summed E-state index contributed by atoms with van der Waals surface area (Å²) >= 11 is 5.86. The van der Waals surface area contributed by atoms with E-state index in [0.717, 1.165) is 5.69 Å². The molecule has 0 fully saturated rings. The third-order valence-electron chi connectivity index (χ3n) is 2.57.